The van der Waals surface area contributed by atoms with E-state index in [2.05, 4.69) is 10.6 Å². The second-order valence-corrected chi connectivity index (χ2v) is 11.8. The number of halogens is 1. The minimum atomic E-state index is -0.805. The number of aliphatic hydroxyl groups is 1. The molecule has 5 rings (SSSR count). The lowest BCUT2D eigenvalue weighted by Crippen LogP contribution is -2.54. The normalized spacial score (nSPS) is 28.6. The van der Waals surface area contributed by atoms with Crippen molar-refractivity contribution in [3.63, 3.8) is 0 Å². The molecular formula is C27H30ClN3O5S. The Bertz CT molecular complexity index is 1190. The van der Waals surface area contributed by atoms with Crippen LogP contribution in [0.3, 0.4) is 0 Å². The van der Waals surface area contributed by atoms with Crippen LogP contribution in [0.4, 0.5) is 11.4 Å². The average Bonchev–Trinajstić information content (AvgIpc) is 3.53. The molecule has 10 heteroatoms. The van der Waals surface area contributed by atoms with Gasteiger partial charge in [0.2, 0.25) is 17.7 Å². The molecule has 3 aliphatic rings. The predicted molar refractivity (Wildman–Crippen MR) is 144 cm³/mol. The smallest absolute Gasteiger partial charge is 0.248 e. The van der Waals surface area contributed by atoms with Crippen LogP contribution in [0.5, 0.6) is 5.75 Å². The fourth-order valence-corrected chi connectivity index (χ4v) is 8.36. The lowest BCUT2D eigenvalue weighted by Gasteiger charge is -2.36. The van der Waals surface area contributed by atoms with E-state index in [0.717, 1.165) is 6.42 Å². The highest BCUT2D eigenvalue weighted by Crippen LogP contribution is 2.66. The summed E-state index contributed by atoms with van der Waals surface area (Å²) in [6, 6.07) is 12.5. The highest BCUT2D eigenvalue weighted by molar-refractivity contribution is 8.02. The van der Waals surface area contributed by atoms with Gasteiger partial charge in [0.1, 0.15) is 11.8 Å². The summed E-state index contributed by atoms with van der Waals surface area (Å²) < 4.78 is 4.74. The van der Waals surface area contributed by atoms with Gasteiger partial charge < -0.3 is 25.4 Å². The number of nitrogens with zero attached hydrogens (tertiary/aromatic N) is 1. The maximum atomic E-state index is 13.9. The van der Waals surface area contributed by atoms with Gasteiger partial charge >= 0.3 is 0 Å². The third kappa shape index (κ3) is 4.47. The van der Waals surface area contributed by atoms with Crippen LogP contribution in [-0.2, 0) is 14.4 Å². The highest BCUT2D eigenvalue weighted by atomic mass is 35.5. The molecular weight excluding hydrogens is 514 g/mol. The maximum absolute atomic E-state index is 13.9. The summed E-state index contributed by atoms with van der Waals surface area (Å²) in [6.45, 7) is 3.90. The molecule has 0 saturated carbocycles. The minimum Gasteiger partial charge on any atom is -0.494 e. The number of likely N-dealkylation sites (tertiary alicyclic amines) is 1. The first-order valence-electron chi connectivity index (χ1n) is 12.5. The van der Waals surface area contributed by atoms with Gasteiger partial charge in [-0.25, -0.2) is 0 Å². The SMILES string of the molecule is CCOc1ccc(NC(=O)[C@@H]2[C@H]3C(=O)N([C@H](C)CO)C(C(=O)Nc4ccc(Cl)cc4)C34CC[C@H]2S4)cc1. The molecule has 2 bridgehead atoms. The van der Waals surface area contributed by atoms with Crippen LogP contribution in [-0.4, -0.2) is 63.0 Å². The molecule has 2 aromatic carbocycles. The van der Waals surface area contributed by atoms with Crippen molar-refractivity contribution in [1.29, 1.82) is 0 Å². The fraction of sp³-hybridized carbons (Fsp3) is 0.444. The Morgan fingerprint density at radius 1 is 1.14 bits per heavy atom. The third-order valence-corrected chi connectivity index (χ3v) is 9.78. The minimum absolute atomic E-state index is 0.0611. The molecule has 37 heavy (non-hydrogen) atoms. The van der Waals surface area contributed by atoms with Crippen LogP contribution >= 0.6 is 23.4 Å². The summed E-state index contributed by atoms with van der Waals surface area (Å²) in [6.07, 6.45) is 1.39. The number of ether oxygens (including phenoxy) is 1. The van der Waals surface area contributed by atoms with E-state index in [1.165, 1.54) is 4.90 Å². The van der Waals surface area contributed by atoms with Gasteiger partial charge in [-0.05, 0) is 75.2 Å². The topological polar surface area (TPSA) is 108 Å². The summed E-state index contributed by atoms with van der Waals surface area (Å²) in [4.78, 5) is 42.6. The summed E-state index contributed by atoms with van der Waals surface area (Å²) in [5, 5.41) is 16.4. The summed E-state index contributed by atoms with van der Waals surface area (Å²) in [5.74, 6) is -1.30. The van der Waals surface area contributed by atoms with Crippen LogP contribution in [0, 0.1) is 11.8 Å². The van der Waals surface area contributed by atoms with Gasteiger partial charge in [-0.1, -0.05) is 11.6 Å². The molecule has 3 saturated heterocycles. The Morgan fingerprint density at radius 2 is 1.76 bits per heavy atom. The Hall–Kier alpha value is -2.75. The largest absolute Gasteiger partial charge is 0.494 e. The first-order chi connectivity index (χ1) is 17.8. The van der Waals surface area contributed by atoms with Gasteiger partial charge in [-0.2, -0.15) is 0 Å². The number of thioether (sulfide) groups is 1. The molecule has 6 atom stereocenters. The lowest BCUT2D eigenvalue weighted by atomic mass is 9.70. The first-order valence-corrected chi connectivity index (χ1v) is 13.8. The number of fused-ring (bicyclic) bond motifs is 1. The number of rotatable bonds is 8. The number of nitrogens with one attached hydrogen (secondary N) is 2. The molecule has 3 aliphatic heterocycles. The number of anilines is 2. The third-order valence-electron chi connectivity index (χ3n) is 7.57. The van der Waals surface area contributed by atoms with E-state index in [-0.39, 0.29) is 29.6 Å². The number of hydrogen-bond acceptors (Lipinski definition) is 6. The molecule has 0 aliphatic carbocycles. The van der Waals surface area contributed by atoms with Gasteiger partial charge in [0.15, 0.2) is 0 Å². The fourth-order valence-electron chi connectivity index (χ4n) is 6.02. The van der Waals surface area contributed by atoms with Crippen molar-refractivity contribution in [2.45, 2.75) is 48.8 Å². The molecule has 3 amide bonds. The standard InChI is InChI=1S/C27H30ClN3O5S/c1-3-36-19-10-8-18(9-11-19)29-24(33)21-20-12-13-27(37-20)22(21)26(35)31(15(2)14-32)23(27)25(34)30-17-6-4-16(28)5-7-17/h4-11,15,20-23,32H,3,12-14H2,1-2H3,(H,29,33)(H,30,34)/t15-,20-,21+,22+,23?,27?/m1/s1. The van der Waals surface area contributed by atoms with Crippen molar-refractivity contribution in [3.05, 3.63) is 53.6 Å². The zero-order valence-electron chi connectivity index (χ0n) is 20.6. The number of carbonyl (C=O) groups excluding carboxylic acids is 3. The van der Waals surface area contributed by atoms with E-state index in [4.69, 9.17) is 16.3 Å². The lowest BCUT2D eigenvalue weighted by molar-refractivity contribution is -0.140. The van der Waals surface area contributed by atoms with Crippen molar-refractivity contribution in [3.8, 4) is 5.75 Å². The Balaban J connectivity index is 1.43. The van der Waals surface area contributed by atoms with E-state index in [1.807, 2.05) is 6.92 Å². The molecule has 2 aromatic rings. The maximum Gasteiger partial charge on any atom is 0.248 e. The van der Waals surface area contributed by atoms with Gasteiger partial charge in [0, 0.05) is 21.6 Å². The zero-order chi connectivity index (χ0) is 26.3. The molecule has 3 fully saturated rings. The van der Waals surface area contributed by atoms with Crippen molar-refractivity contribution in [2.24, 2.45) is 11.8 Å². The van der Waals surface area contributed by atoms with E-state index in [0.29, 0.717) is 35.2 Å². The van der Waals surface area contributed by atoms with Crippen LogP contribution < -0.4 is 15.4 Å². The number of aliphatic hydroxyl groups excluding tert-OH is 1. The number of hydrogen-bond donors (Lipinski definition) is 3. The van der Waals surface area contributed by atoms with Crippen LogP contribution in [0.25, 0.3) is 0 Å². The second kappa shape index (κ2) is 10.2. The Morgan fingerprint density at radius 3 is 2.38 bits per heavy atom. The van der Waals surface area contributed by atoms with E-state index in [9.17, 15) is 19.5 Å². The van der Waals surface area contributed by atoms with Gasteiger partial charge in [-0.15, -0.1) is 11.8 Å². The van der Waals surface area contributed by atoms with Crippen LogP contribution in [0.2, 0.25) is 5.02 Å². The Kier molecular flexibility index (Phi) is 7.13. The summed E-state index contributed by atoms with van der Waals surface area (Å²) in [7, 11) is 0. The molecule has 3 N–H and O–H groups in total. The molecule has 1 spiro atoms. The molecule has 0 radical (unpaired) electrons. The molecule has 196 valence electrons. The van der Waals surface area contributed by atoms with Gasteiger partial charge in [0.25, 0.3) is 0 Å². The molecule has 0 aromatic heterocycles. The molecule has 8 nitrogen and oxygen atoms in total. The number of amides is 3. The Labute approximate surface area is 225 Å². The second-order valence-electron chi connectivity index (χ2n) is 9.78. The number of benzene rings is 2. The first kappa shape index (κ1) is 25.9. The van der Waals surface area contributed by atoms with E-state index < -0.39 is 28.7 Å². The molecule has 3 heterocycles. The van der Waals surface area contributed by atoms with E-state index in [1.54, 1.807) is 67.2 Å². The van der Waals surface area contributed by atoms with Gasteiger partial charge in [0.05, 0.1) is 35.8 Å². The molecule has 2 unspecified atom stereocenters. The number of carbonyl (C=O) groups is 3. The van der Waals surface area contributed by atoms with Crippen molar-refractivity contribution in [1.82, 2.24) is 4.90 Å². The zero-order valence-corrected chi connectivity index (χ0v) is 22.2. The van der Waals surface area contributed by atoms with Crippen LogP contribution in [0.15, 0.2) is 48.5 Å². The van der Waals surface area contributed by atoms with Crippen molar-refractivity contribution >= 4 is 52.5 Å². The van der Waals surface area contributed by atoms with Crippen molar-refractivity contribution in [2.75, 3.05) is 23.8 Å². The monoisotopic (exact) mass is 543 g/mol. The van der Waals surface area contributed by atoms with Crippen LogP contribution in [0.1, 0.15) is 26.7 Å². The summed E-state index contributed by atoms with van der Waals surface area (Å²) in [5.41, 5.74) is 1.19. The average molecular weight is 544 g/mol. The predicted octanol–water partition coefficient (Wildman–Crippen LogP) is 3.79. The highest BCUT2D eigenvalue weighted by Gasteiger charge is 2.74. The van der Waals surface area contributed by atoms with Gasteiger partial charge in [-0.3, -0.25) is 14.4 Å². The van der Waals surface area contributed by atoms with Crippen molar-refractivity contribution < 1.29 is 24.2 Å². The van der Waals surface area contributed by atoms with E-state index >= 15 is 0 Å². The summed E-state index contributed by atoms with van der Waals surface area (Å²) >= 11 is 7.57. The quantitative estimate of drug-likeness (QED) is 0.467.